The third-order valence-electron chi connectivity index (χ3n) is 3.43. The molecule has 0 bridgehead atoms. The van der Waals surface area contributed by atoms with Gasteiger partial charge < -0.3 is 10.2 Å². The van der Waals surface area contributed by atoms with Gasteiger partial charge in [-0.1, -0.05) is 6.92 Å². The Morgan fingerprint density at radius 2 is 2.00 bits per heavy atom. The molecule has 2 fully saturated rings. The van der Waals surface area contributed by atoms with Gasteiger partial charge in [-0.3, -0.25) is 4.79 Å². The molecule has 1 atom stereocenters. The molecule has 0 spiro atoms. The summed E-state index contributed by atoms with van der Waals surface area (Å²) in [6.07, 6.45) is 4.13. The van der Waals surface area contributed by atoms with E-state index < -0.39 is 0 Å². The molecule has 2 heterocycles. The molecule has 2 aliphatic heterocycles. The summed E-state index contributed by atoms with van der Waals surface area (Å²) in [7, 11) is 0. The molecule has 2 rings (SSSR count). The minimum Gasteiger partial charge on any atom is -0.339 e. The molecule has 3 heteroatoms. The first-order valence-electron chi connectivity index (χ1n) is 5.77. The van der Waals surface area contributed by atoms with Crippen LogP contribution in [0.25, 0.3) is 0 Å². The Morgan fingerprint density at radius 3 is 2.71 bits per heavy atom. The third-order valence-corrected chi connectivity index (χ3v) is 3.43. The number of likely N-dealkylation sites (tertiary alicyclic amines) is 1. The summed E-state index contributed by atoms with van der Waals surface area (Å²) in [6, 6.07) is 0.520. The molecule has 0 aliphatic carbocycles. The minimum absolute atomic E-state index is 0.384. The Hall–Kier alpha value is -0.570. The monoisotopic (exact) mass is 196 g/mol. The third kappa shape index (κ3) is 2.08. The second-order valence-electron chi connectivity index (χ2n) is 4.67. The highest BCUT2D eigenvalue weighted by Gasteiger charge is 2.29. The first-order valence-corrected chi connectivity index (χ1v) is 5.77. The van der Waals surface area contributed by atoms with Crippen LogP contribution in [0, 0.1) is 5.92 Å². The zero-order chi connectivity index (χ0) is 9.97. The van der Waals surface area contributed by atoms with Gasteiger partial charge in [0.2, 0.25) is 5.91 Å². The number of nitrogens with one attached hydrogen (secondary N) is 1. The molecule has 1 N–H and O–H groups in total. The predicted molar refractivity (Wildman–Crippen MR) is 56.0 cm³/mol. The van der Waals surface area contributed by atoms with Crippen LogP contribution in [0.4, 0.5) is 0 Å². The Balaban J connectivity index is 1.96. The van der Waals surface area contributed by atoms with Gasteiger partial charge in [-0.2, -0.15) is 0 Å². The highest BCUT2D eigenvalue weighted by atomic mass is 16.2. The van der Waals surface area contributed by atoms with Crippen molar-refractivity contribution in [3.63, 3.8) is 0 Å². The molecule has 1 unspecified atom stereocenters. The number of hydrogen-bond acceptors (Lipinski definition) is 2. The number of nitrogens with zero attached hydrogens (tertiary/aromatic N) is 1. The van der Waals surface area contributed by atoms with Crippen molar-refractivity contribution in [2.24, 2.45) is 5.92 Å². The van der Waals surface area contributed by atoms with Crippen LogP contribution in [0.5, 0.6) is 0 Å². The highest BCUT2D eigenvalue weighted by Crippen LogP contribution is 2.22. The van der Waals surface area contributed by atoms with E-state index in [0.29, 0.717) is 17.9 Å². The quantitative estimate of drug-likeness (QED) is 0.678. The number of amides is 1. The zero-order valence-corrected chi connectivity index (χ0v) is 8.96. The van der Waals surface area contributed by atoms with Gasteiger partial charge in [0.1, 0.15) is 0 Å². The fourth-order valence-electron chi connectivity index (χ4n) is 2.51. The molecule has 2 aliphatic rings. The van der Waals surface area contributed by atoms with Crippen molar-refractivity contribution in [1.82, 2.24) is 10.2 Å². The van der Waals surface area contributed by atoms with Gasteiger partial charge in [0.15, 0.2) is 0 Å². The van der Waals surface area contributed by atoms with Gasteiger partial charge in [-0.05, 0) is 38.3 Å². The Kier molecular flexibility index (Phi) is 3.06. The average Bonchev–Trinajstić information content (AvgIpc) is 2.23. The van der Waals surface area contributed by atoms with Gasteiger partial charge in [-0.25, -0.2) is 0 Å². The number of piperidine rings is 2. The molecular weight excluding hydrogens is 176 g/mol. The standard InChI is InChI=1S/C11H20N2O/c1-9-2-3-11(14)13(8-9)10-4-6-12-7-5-10/h9-10,12H,2-8H2,1H3. The summed E-state index contributed by atoms with van der Waals surface area (Å²) in [6.45, 7) is 5.38. The molecule has 0 aromatic heterocycles. The van der Waals surface area contributed by atoms with E-state index in [4.69, 9.17) is 0 Å². The van der Waals surface area contributed by atoms with Crippen LogP contribution < -0.4 is 5.32 Å². The van der Waals surface area contributed by atoms with Crippen LogP contribution in [-0.4, -0.2) is 36.5 Å². The van der Waals surface area contributed by atoms with E-state index in [1.165, 1.54) is 0 Å². The van der Waals surface area contributed by atoms with Crippen LogP contribution in [0.3, 0.4) is 0 Å². The second-order valence-corrected chi connectivity index (χ2v) is 4.67. The fourth-order valence-corrected chi connectivity index (χ4v) is 2.51. The van der Waals surface area contributed by atoms with Crippen molar-refractivity contribution in [1.29, 1.82) is 0 Å². The molecule has 14 heavy (non-hydrogen) atoms. The maximum Gasteiger partial charge on any atom is 0.222 e. The van der Waals surface area contributed by atoms with Crippen molar-refractivity contribution >= 4 is 5.91 Å². The van der Waals surface area contributed by atoms with Crippen molar-refractivity contribution in [2.75, 3.05) is 19.6 Å². The Morgan fingerprint density at radius 1 is 1.29 bits per heavy atom. The number of carbonyl (C=O) groups excluding carboxylic acids is 1. The van der Waals surface area contributed by atoms with Crippen LogP contribution in [0.1, 0.15) is 32.6 Å². The smallest absolute Gasteiger partial charge is 0.222 e. The van der Waals surface area contributed by atoms with Gasteiger partial charge >= 0.3 is 0 Å². The molecule has 80 valence electrons. The average molecular weight is 196 g/mol. The summed E-state index contributed by atoms with van der Waals surface area (Å²) < 4.78 is 0. The number of carbonyl (C=O) groups is 1. The first kappa shape index (κ1) is 9.97. The maximum atomic E-state index is 11.7. The zero-order valence-electron chi connectivity index (χ0n) is 8.96. The van der Waals surface area contributed by atoms with E-state index in [0.717, 1.165) is 45.3 Å². The van der Waals surface area contributed by atoms with Gasteiger partial charge in [-0.15, -0.1) is 0 Å². The highest BCUT2D eigenvalue weighted by molar-refractivity contribution is 5.77. The maximum absolute atomic E-state index is 11.7. The van der Waals surface area contributed by atoms with Crippen molar-refractivity contribution in [2.45, 2.75) is 38.6 Å². The van der Waals surface area contributed by atoms with E-state index >= 15 is 0 Å². The van der Waals surface area contributed by atoms with Crippen LogP contribution >= 0.6 is 0 Å². The molecule has 0 radical (unpaired) electrons. The SMILES string of the molecule is CC1CCC(=O)N(C2CCNCC2)C1. The molecular formula is C11H20N2O. The van der Waals surface area contributed by atoms with Gasteiger partial charge in [0, 0.05) is 19.0 Å². The molecule has 3 nitrogen and oxygen atoms in total. The van der Waals surface area contributed by atoms with Crippen molar-refractivity contribution < 1.29 is 4.79 Å². The molecule has 0 aromatic rings. The van der Waals surface area contributed by atoms with Crippen LogP contribution in [0.2, 0.25) is 0 Å². The summed E-state index contributed by atoms with van der Waals surface area (Å²) in [4.78, 5) is 13.9. The van der Waals surface area contributed by atoms with E-state index in [9.17, 15) is 4.79 Å². The summed E-state index contributed by atoms with van der Waals surface area (Å²) in [5.41, 5.74) is 0. The first-order chi connectivity index (χ1) is 6.77. The Bertz CT molecular complexity index is 211. The lowest BCUT2D eigenvalue weighted by atomic mass is 9.95. The topological polar surface area (TPSA) is 32.3 Å². The van der Waals surface area contributed by atoms with E-state index in [1.807, 2.05) is 0 Å². The molecule has 2 saturated heterocycles. The summed E-state index contributed by atoms with van der Waals surface area (Å²) in [5.74, 6) is 1.08. The van der Waals surface area contributed by atoms with E-state index in [2.05, 4.69) is 17.1 Å². The van der Waals surface area contributed by atoms with Crippen LogP contribution in [-0.2, 0) is 4.79 Å². The fraction of sp³-hybridized carbons (Fsp3) is 0.909. The number of hydrogen-bond donors (Lipinski definition) is 1. The molecule has 0 saturated carbocycles. The Labute approximate surface area is 85.8 Å². The van der Waals surface area contributed by atoms with E-state index in [-0.39, 0.29) is 0 Å². The van der Waals surface area contributed by atoms with Gasteiger partial charge in [0.25, 0.3) is 0 Å². The largest absolute Gasteiger partial charge is 0.339 e. The van der Waals surface area contributed by atoms with Crippen molar-refractivity contribution in [3.8, 4) is 0 Å². The second kappa shape index (κ2) is 4.30. The van der Waals surface area contributed by atoms with Gasteiger partial charge in [0.05, 0.1) is 0 Å². The number of rotatable bonds is 1. The predicted octanol–water partition coefficient (Wildman–Crippen LogP) is 0.997. The lowest BCUT2D eigenvalue weighted by Crippen LogP contribution is -2.49. The van der Waals surface area contributed by atoms with Crippen molar-refractivity contribution in [3.05, 3.63) is 0 Å². The molecule has 0 aromatic carbocycles. The molecule has 1 amide bonds. The lowest BCUT2D eigenvalue weighted by Gasteiger charge is -2.39. The summed E-state index contributed by atoms with van der Waals surface area (Å²) >= 11 is 0. The normalized spacial score (nSPS) is 30.8. The summed E-state index contributed by atoms with van der Waals surface area (Å²) in [5, 5.41) is 3.34. The lowest BCUT2D eigenvalue weighted by molar-refractivity contribution is -0.137. The van der Waals surface area contributed by atoms with Crippen LogP contribution in [0.15, 0.2) is 0 Å². The minimum atomic E-state index is 0.384. The van der Waals surface area contributed by atoms with E-state index in [1.54, 1.807) is 0 Å².